The van der Waals surface area contributed by atoms with Crippen LogP contribution in [0.15, 0.2) is 57.9 Å². The summed E-state index contributed by atoms with van der Waals surface area (Å²) in [6, 6.07) is 12.5. The summed E-state index contributed by atoms with van der Waals surface area (Å²) in [6.07, 6.45) is 1.31. The predicted octanol–water partition coefficient (Wildman–Crippen LogP) is 5.25. The first-order chi connectivity index (χ1) is 17.1. The molecule has 2 aromatic carbocycles. The number of rotatable bonds is 5. The van der Waals surface area contributed by atoms with Gasteiger partial charge in [-0.15, -0.1) is 0 Å². The molecule has 0 spiro atoms. The van der Waals surface area contributed by atoms with Crippen LogP contribution in [0.25, 0.3) is 33.2 Å². The van der Waals surface area contributed by atoms with Crippen LogP contribution in [0, 0.1) is 13.8 Å². The lowest BCUT2D eigenvalue weighted by atomic mass is 9.99. The molecule has 5 rings (SSSR count). The molecule has 9 heteroatoms. The summed E-state index contributed by atoms with van der Waals surface area (Å²) in [4.78, 5) is 29.3. The number of benzene rings is 2. The summed E-state index contributed by atoms with van der Waals surface area (Å²) in [5.41, 5.74) is 9.32. The molecule has 0 aliphatic rings. The van der Waals surface area contributed by atoms with Gasteiger partial charge < -0.3 is 14.9 Å². The van der Waals surface area contributed by atoms with Gasteiger partial charge in [-0.05, 0) is 68.8 Å². The number of carbonyl (C=O) groups excluding carboxylic acids is 1. The molecule has 3 heterocycles. The first kappa shape index (κ1) is 23.6. The Kier molecular flexibility index (Phi) is 5.76. The van der Waals surface area contributed by atoms with E-state index in [1.807, 2.05) is 44.4 Å². The fraction of sp³-hybridized carbons (Fsp3) is 0.185. The third-order valence-electron chi connectivity index (χ3n) is 6.07. The lowest BCUT2D eigenvalue weighted by Crippen LogP contribution is -2.17. The van der Waals surface area contributed by atoms with Gasteiger partial charge in [0.25, 0.3) is 5.91 Å². The van der Waals surface area contributed by atoms with Crippen molar-refractivity contribution in [3.8, 4) is 17.1 Å². The van der Waals surface area contributed by atoms with Gasteiger partial charge in [0.05, 0.1) is 10.9 Å². The largest absolute Gasteiger partial charge is 0.483 e. The molecule has 0 aliphatic heterocycles. The fourth-order valence-electron chi connectivity index (χ4n) is 4.38. The van der Waals surface area contributed by atoms with Crippen molar-refractivity contribution in [3.63, 3.8) is 0 Å². The highest BCUT2D eigenvalue weighted by Crippen LogP contribution is 2.34. The first-order valence-corrected chi connectivity index (χ1v) is 11.6. The number of hydrogen-bond acceptors (Lipinski definition) is 6. The molecule has 0 radical (unpaired) electrons. The topological polar surface area (TPSA) is 113 Å². The number of hydrogen-bond donors (Lipinski definition) is 1. The molecular formula is C27H23ClN4O4. The summed E-state index contributed by atoms with van der Waals surface area (Å²) in [5, 5.41) is 5.93. The zero-order valence-corrected chi connectivity index (χ0v) is 20.9. The number of primary amides is 1. The number of nitrogens with zero attached hydrogens (tertiary/aromatic N) is 3. The van der Waals surface area contributed by atoms with Gasteiger partial charge in [0.1, 0.15) is 22.6 Å². The van der Waals surface area contributed by atoms with Gasteiger partial charge in [-0.25, -0.2) is 4.98 Å². The number of ether oxygens (including phenoxy) is 1. The number of amides is 1. The van der Waals surface area contributed by atoms with E-state index in [1.165, 1.54) is 6.07 Å². The van der Waals surface area contributed by atoms with Crippen LogP contribution in [-0.4, -0.2) is 20.7 Å². The lowest BCUT2D eigenvalue weighted by molar-refractivity contribution is 0.0988. The van der Waals surface area contributed by atoms with Crippen LogP contribution in [0.2, 0.25) is 5.15 Å². The van der Waals surface area contributed by atoms with Gasteiger partial charge in [-0.1, -0.05) is 11.6 Å². The van der Waals surface area contributed by atoms with Crippen molar-refractivity contribution < 1.29 is 13.9 Å². The Morgan fingerprint density at radius 2 is 1.94 bits per heavy atom. The summed E-state index contributed by atoms with van der Waals surface area (Å²) >= 11 is 5.93. The smallest absolute Gasteiger partial charge is 0.271 e. The molecule has 0 bridgehead atoms. The second-order valence-corrected chi connectivity index (χ2v) is 9.18. The van der Waals surface area contributed by atoms with Gasteiger partial charge in [0.15, 0.2) is 16.9 Å². The molecular weight excluding hydrogens is 480 g/mol. The van der Waals surface area contributed by atoms with Crippen molar-refractivity contribution in [1.82, 2.24) is 14.8 Å². The number of aromatic nitrogens is 3. The van der Waals surface area contributed by atoms with Gasteiger partial charge >= 0.3 is 0 Å². The standard InChI is InChI=1S/C27H23ClN4O4/c1-13-9-18(15(3)35-21-7-8-22(28)30-23(21)27(29)34)26-19(10-13)24(33)14(2)25(36-26)16-5-6-20-17(11-16)12-32(4)31-20/h5-12,15H,1-4H3,(H2,29,34)/t15-/m1/s1. The Morgan fingerprint density at radius 1 is 1.17 bits per heavy atom. The van der Waals surface area contributed by atoms with Crippen LogP contribution in [0.1, 0.15) is 40.2 Å². The van der Waals surface area contributed by atoms with E-state index in [4.69, 9.17) is 26.5 Å². The second-order valence-electron chi connectivity index (χ2n) is 8.80. The second kappa shape index (κ2) is 8.80. The molecule has 182 valence electrons. The Labute approximate surface area is 211 Å². The van der Waals surface area contributed by atoms with E-state index in [0.717, 1.165) is 22.0 Å². The lowest BCUT2D eigenvalue weighted by Gasteiger charge is -2.19. The quantitative estimate of drug-likeness (QED) is 0.328. The highest BCUT2D eigenvalue weighted by atomic mass is 35.5. The highest BCUT2D eigenvalue weighted by Gasteiger charge is 2.22. The number of nitrogens with two attached hydrogens (primary N) is 1. The van der Waals surface area contributed by atoms with Crippen LogP contribution in [0.4, 0.5) is 0 Å². The minimum absolute atomic E-state index is 0.0749. The van der Waals surface area contributed by atoms with E-state index in [2.05, 4.69) is 10.1 Å². The van der Waals surface area contributed by atoms with Crippen molar-refractivity contribution in [2.45, 2.75) is 26.9 Å². The first-order valence-electron chi connectivity index (χ1n) is 11.3. The van der Waals surface area contributed by atoms with E-state index in [1.54, 1.807) is 30.7 Å². The highest BCUT2D eigenvalue weighted by molar-refractivity contribution is 6.29. The Bertz CT molecular complexity index is 1740. The van der Waals surface area contributed by atoms with Crippen LogP contribution in [0.3, 0.4) is 0 Å². The maximum Gasteiger partial charge on any atom is 0.271 e. The monoisotopic (exact) mass is 502 g/mol. The summed E-state index contributed by atoms with van der Waals surface area (Å²) in [7, 11) is 1.86. The number of carbonyl (C=O) groups is 1. The van der Waals surface area contributed by atoms with E-state index < -0.39 is 12.0 Å². The van der Waals surface area contributed by atoms with Crippen LogP contribution < -0.4 is 15.9 Å². The van der Waals surface area contributed by atoms with Gasteiger partial charge in [0, 0.05) is 35.3 Å². The molecule has 0 unspecified atom stereocenters. The molecule has 0 saturated carbocycles. The molecule has 2 N–H and O–H groups in total. The maximum absolute atomic E-state index is 13.5. The third-order valence-corrected chi connectivity index (χ3v) is 6.28. The summed E-state index contributed by atoms with van der Waals surface area (Å²) in [6.45, 7) is 5.46. The molecule has 3 aromatic heterocycles. The SMILES string of the molecule is Cc1cc([C@@H](C)Oc2ccc(Cl)nc2C(N)=O)c2oc(-c3ccc4nn(C)cc4c3)c(C)c(=O)c2c1. The van der Waals surface area contributed by atoms with Crippen molar-refractivity contribution in [3.05, 3.63) is 86.4 Å². The molecule has 1 amide bonds. The van der Waals surface area contributed by atoms with Crippen LogP contribution in [-0.2, 0) is 7.05 Å². The molecule has 5 aromatic rings. The van der Waals surface area contributed by atoms with Crippen molar-refractivity contribution in [2.24, 2.45) is 12.8 Å². The van der Waals surface area contributed by atoms with E-state index in [-0.39, 0.29) is 22.0 Å². The zero-order chi connectivity index (χ0) is 25.7. The molecule has 36 heavy (non-hydrogen) atoms. The minimum Gasteiger partial charge on any atom is -0.483 e. The predicted molar refractivity (Wildman–Crippen MR) is 138 cm³/mol. The molecule has 8 nitrogen and oxygen atoms in total. The van der Waals surface area contributed by atoms with Crippen molar-refractivity contribution in [2.75, 3.05) is 0 Å². The number of pyridine rings is 1. The van der Waals surface area contributed by atoms with Crippen LogP contribution >= 0.6 is 11.6 Å². The number of fused-ring (bicyclic) bond motifs is 2. The molecule has 0 aliphatic carbocycles. The van der Waals surface area contributed by atoms with Gasteiger partial charge in [-0.3, -0.25) is 14.3 Å². The average Bonchev–Trinajstić information content (AvgIpc) is 3.21. The molecule has 0 fully saturated rings. The fourth-order valence-corrected chi connectivity index (χ4v) is 4.53. The number of halogens is 1. The maximum atomic E-state index is 13.5. The Morgan fingerprint density at radius 3 is 2.69 bits per heavy atom. The summed E-state index contributed by atoms with van der Waals surface area (Å²) in [5.74, 6) is -0.101. The van der Waals surface area contributed by atoms with Crippen LogP contribution in [0.5, 0.6) is 5.75 Å². The zero-order valence-electron chi connectivity index (χ0n) is 20.1. The normalized spacial score (nSPS) is 12.2. The van der Waals surface area contributed by atoms with Gasteiger partial charge in [0.2, 0.25) is 0 Å². The number of aryl methyl sites for hydroxylation is 2. The Balaban J connectivity index is 1.67. The van der Waals surface area contributed by atoms with E-state index >= 15 is 0 Å². The molecule has 1 atom stereocenters. The average molecular weight is 503 g/mol. The van der Waals surface area contributed by atoms with Crippen molar-refractivity contribution in [1.29, 1.82) is 0 Å². The minimum atomic E-state index is -0.760. The van der Waals surface area contributed by atoms with E-state index in [0.29, 0.717) is 27.9 Å². The third kappa shape index (κ3) is 4.09. The van der Waals surface area contributed by atoms with Gasteiger partial charge in [-0.2, -0.15) is 5.10 Å². The van der Waals surface area contributed by atoms with Crippen molar-refractivity contribution >= 4 is 39.4 Å². The Hall–Kier alpha value is -4.17. The molecule has 0 saturated heterocycles. The summed E-state index contributed by atoms with van der Waals surface area (Å²) < 4.78 is 14.3. The van der Waals surface area contributed by atoms with E-state index in [9.17, 15) is 9.59 Å².